The third-order valence-electron chi connectivity index (χ3n) is 3.71. The summed E-state index contributed by atoms with van der Waals surface area (Å²) in [7, 11) is 0. The molecule has 0 unspecified atom stereocenters. The zero-order valence-corrected chi connectivity index (χ0v) is 12.0. The first-order valence-corrected chi connectivity index (χ1v) is 6.90. The monoisotopic (exact) mass is 296 g/mol. The molecule has 116 valence electrons. The molecular formula is C14H20N2O5. The van der Waals surface area contributed by atoms with Crippen LogP contribution in [0.1, 0.15) is 24.4 Å². The number of urea groups is 1. The Bertz CT molecular complexity index is 505. The summed E-state index contributed by atoms with van der Waals surface area (Å²) < 4.78 is 10.5. The van der Waals surface area contributed by atoms with Crippen LogP contribution in [0.15, 0.2) is 16.5 Å². The van der Waals surface area contributed by atoms with Gasteiger partial charge in [0.05, 0.1) is 12.0 Å². The largest absolute Gasteiger partial charge is 0.481 e. The molecule has 7 nitrogen and oxygen atoms in total. The molecule has 0 atom stereocenters. The molecule has 21 heavy (non-hydrogen) atoms. The Kier molecular flexibility index (Phi) is 4.85. The quantitative estimate of drug-likeness (QED) is 0.759. The molecule has 7 heteroatoms. The summed E-state index contributed by atoms with van der Waals surface area (Å²) in [6.45, 7) is 2.99. The molecule has 0 bridgehead atoms. The fourth-order valence-electron chi connectivity index (χ4n) is 2.29. The van der Waals surface area contributed by atoms with Gasteiger partial charge in [0.25, 0.3) is 0 Å². The van der Waals surface area contributed by atoms with Crippen LogP contribution < -0.4 is 10.6 Å². The number of aliphatic carboxylic acids is 1. The Morgan fingerprint density at radius 2 is 2.00 bits per heavy atom. The van der Waals surface area contributed by atoms with Gasteiger partial charge in [-0.05, 0) is 31.9 Å². The van der Waals surface area contributed by atoms with E-state index in [9.17, 15) is 14.7 Å². The lowest BCUT2D eigenvalue weighted by molar-refractivity contribution is -0.154. The smallest absolute Gasteiger partial charge is 0.315 e. The number of rotatable bonds is 5. The molecule has 2 rings (SSSR count). The first-order valence-electron chi connectivity index (χ1n) is 6.90. The summed E-state index contributed by atoms with van der Waals surface area (Å²) in [5.41, 5.74) is -0.934. The molecule has 0 aliphatic carbocycles. The molecule has 0 radical (unpaired) electrons. The van der Waals surface area contributed by atoms with Crippen molar-refractivity contribution in [2.24, 2.45) is 5.41 Å². The Morgan fingerprint density at radius 3 is 2.57 bits per heavy atom. The maximum absolute atomic E-state index is 11.7. The SMILES string of the molecule is Cc1ccc(CNC(=O)NCC2(C(=O)O)CCOCC2)o1. The van der Waals surface area contributed by atoms with E-state index in [-0.39, 0.29) is 13.1 Å². The lowest BCUT2D eigenvalue weighted by atomic mass is 9.80. The van der Waals surface area contributed by atoms with Gasteiger partial charge in [-0.25, -0.2) is 4.79 Å². The lowest BCUT2D eigenvalue weighted by Gasteiger charge is -2.33. The van der Waals surface area contributed by atoms with E-state index in [2.05, 4.69) is 10.6 Å². The zero-order valence-electron chi connectivity index (χ0n) is 12.0. The average molecular weight is 296 g/mol. The van der Waals surface area contributed by atoms with Gasteiger partial charge < -0.3 is 24.9 Å². The number of nitrogens with one attached hydrogen (secondary N) is 2. The van der Waals surface area contributed by atoms with Crippen LogP contribution in [-0.4, -0.2) is 36.9 Å². The van der Waals surface area contributed by atoms with Gasteiger partial charge in [-0.1, -0.05) is 0 Å². The van der Waals surface area contributed by atoms with Gasteiger partial charge in [0.2, 0.25) is 0 Å². The van der Waals surface area contributed by atoms with Crippen LogP contribution in [0.3, 0.4) is 0 Å². The molecule has 1 fully saturated rings. The minimum atomic E-state index is -0.934. The third-order valence-corrected chi connectivity index (χ3v) is 3.71. The molecule has 3 N–H and O–H groups in total. The summed E-state index contributed by atoms with van der Waals surface area (Å²) in [4.78, 5) is 23.2. The Labute approximate surface area is 122 Å². The molecule has 0 spiro atoms. The van der Waals surface area contributed by atoms with Crippen molar-refractivity contribution in [2.45, 2.75) is 26.3 Å². The number of hydrogen-bond donors (Lipinski definition) is 3. The summed E-state index contributed by atoms with van der Waals surface area (Å²) in [6, 6.07) is 3.19. The van der Waals surface area contributed by atoms with Crippen molar-refractivity contribution < 1.29 is 23.8 Å². The van der Waals surface area contributed by atoms with E-state index >= 15 is 0 Å². The second kappa shape index (κ2) is 6.62. The second-order valence-corrected chi connectivity index (χ2v) is 5.25. The topological polar surface area (TPSA) is 101 Å². The minimum absolute atomic E-state index is 0.0920. The van der Waals surface area contributed by atoms with Crippen LogP contribution in [0.25, 0.3) is 0 Å². The molecule has 1 aliphatic rings. The van der Waals surface area contributed by atoms with Gasteiger partial charge in [-0.3, -0.25) is 4.79 Å². The number of furan rings is 1. The van der Waals surface area contributed by atoms with Gasteiger partial charge in [0, 0.05) is 19.8 Å². The lowest BCUT2D eigenvalue weighted by Crippen LogP contribution is -2.48. The van der Waals surface area contributed by atoms with Gasteiger partial charge >= 0.3 is 12.0 Å². The summed E-state index contributed by atoms with van der Waals surface area (Å²) in [6.07, 6.45) is 0.806. The highest BCUT2D eigenvalue weighted by molar-refractivity contribution is 5.78. The van der Waals surface area contributed by atoms with E-state index < -0.39 is 17.4 Å². The number of amides is 2. The zero-order chi connectivity index (χ0) is 15.3. The molecule has 1 aromatic rings. The molecule has 2 heterocycles. The normalized spacial score (nSPS) is 17.2. The van der Waals surface area contributed by atoms with Crippen LogP contribution in [0.4, 0.5) is 4.79 Å². The second-order valence-electron chi connectivity index (χ2n) is 5.25. The molecule has 2 amide bonds. The summed E-state index contributed by atoms with van der Waals surface area (Å²) >= 11 is 0. The minimum Gasteiger partial charge on any atom is -0.481 e. The van der Waals surface area contributed by atoms with Gasteiger partial charge in [-0.2, -0.15) is 0 Å². The number of carbonyl (C=O) groups excluding carboxylic acids is 1. The van der Waals surface area contributed by atoms with Crippen LogP contribution in [-0.2, 0) is 16.1 Å². The van der Waals surface area contributed by atoms with Crippen LogP contribution in [0.5, 0.6) is 0 Å². The number of carboxylic acids is 1. The van der Waals surface area contributed by atoms with E-state index in [1.54, 1.807) is 6.07 Å². The highest BCUT2D eigenvalue weighted by Crippen LogP contribution is 2.29. The average Bonchev–Trinajstić information content (AvgIpc) is 2.89. The van der Waals surface area contributed by atoms with Crippen LogP contribution in [0, 0.1) is 12.3 Å². The Balaban J connectivity index is 1.80. The van der Waals surface area contributed by atoms with Crippen molar-refractivity contribution >= 4 is 12.0 Å². The van der Waals surface area contributed by atoms with E-state index in [4.69, 9.17) is 9.15 Å². The van der Waals surface area contributed by atoms with Crippen molar-refractivity contribution in [1.29, 1.82) is 0 Å². The summed E-state index contributed by atoms with van der Waals surface area (Å²) in [5, 5.41) is 14.6. The van der Waals surface area contributed by atoms with Crippen LogP contribution >= 0.6 is 0 Å². The fourth-order valence-corrected chi connectivity index (χ4v) is 2.29. The van der Waals surface area contributed by atoms with E-state index in [1.165, 1.54) is 0 Å². The Hall–Kier alpha value is -2.02. The molecule has 0 aromatic carbocycles. The first kappa shape index (κ1) is 15.4. The van der Waals surface area contributed by atoms with Gasteiger partial charge in [0.15, 0.2) is 0 Å². The van der Waals surface area contributed by atoms with Crippen molar-refractivity contribution in [3.63, 3.8) is 0 Å². The predicted molar refractivity (Wildman–Crippen MR) is 73.8 cm³/mol. The van der Waals surface area contributed by atoms with Crippen LogP contribution in [0.2, 0.25) is 0 Å². The predicted octanol–water partition coefficient (Wildman–Crippen LogP) is 1.27. The molecule has 1 aliphatic heterocycles. The van der Waals surface area contributed by atoms with E-state index in [0.717, 1.165) is 5.76 Å². The third kappa shape index (κ3) is 3.98. The van der Waals surface area contributed by atoms with Crippen molar-refractivity contribution in [1.82, 2.24) is 10.6 Å². The number of carbonyl (C=O) groups is 2. The standard InChI is InChI=1S/C14H20N2O5/c1-10-2-3-11(21-10)8-15-13(19)16-9-14(12(17)18)4-6-20-7-5-14/h2-3H,4-9H2,1H3,(H,17,18)(H2,15,16,19). The maximum atomic E-state index is 11.7. The van der Waals surface area contributed by atoms with Gasteiger partial charge in [0.1, 0.15) is 11.5 Å². The highest BCUT2D eigenvalue weighted by atomic mass is 16.5. The number of hydrogen-bond acceptors (Lipinski definition) is 4. The fraction of sp³-hybridized carbons (Fsp3) is 0.571. The maximum Gasteiger partial charge on any atom is 0.315 e. The number of ether oxygens (including phenoxy) is 1. The molecular weight excluding hydrogens is 276 g/mol. The highest BCUT2D eigenvalue weighted by Gasteiger charge is 2.40. The molecule has 0 saturated carbocycles. The molecule has 1 saturated heterocycles. The van der Waals surface area contributed by atoms with Gasteiger partial charge in [-0.15, -0.1) is 0 Å². The molecule has 1 aromatic heterocycles. The number of carboxylic acid groups (broad SMARTS) is 1. The van der Waals surface area contributed by atoms with Crippen molar-refractivity contribution in [3.8, 4) is 0 Å². The van der Waals surface area contributed by atoms with Crippen molar-refractivity contribution in [2.75, 3.05) is 19.8 Å². The van der Waals surface area contributed by atoms with E-state index in [1.807, 2.05) is 13.0 Å². The first-order chi connectivity index (χ1) is 10.0. The van der Waals surface area contributed by atoms with Crippen molar-refractivity contribution in [3.05, 3.63) is 23.7 Å². The Morgan fingerprint density at radius 1 is 1.29 bits per heavy atom. The number of aryl methyl sites for hydroxylation is 1. The summed E-state index contributed by atoms with van der Waals surface area (Å²) in [5.74, 6) is 0.536. The van der Waals surface area contributed by atoms with E-state index in [0.29, 0.717) is 31.8 Å².